The van der Waals surface area contributed by atoms with Gasteiger partial charge in [0.25, 0.3) is 0 Å². The van der Waals surface area contributed by atoms with Gasteiger partial charge in [-0.2, -0.15) is 23.4 Å². The van der Waals surface area contributed by atoms with Crippen LogP contribution in [0, 0.1) is 0 Å². The first kappa shape index (κ1) is 18.8. The van der Waals surface area contributed by atoms with Crippen molar-refractivity contribution in [2.24, 2.45) is 7.05 Å². The van der Waals surface area contributed by atoms with Gasteiger partial charge in [-0.1, -0.05) is 11.6 Å². The fourth-order valence-electron chi connectivity index (χ4n) is 2.86. The molecular formula is C16H19ClF3N5O. The summed E-state index contributed by atoms with van der Waals surface area (Å²) in [4.78, 5) is 13.8. The van der Waals surface area contributed by atoms with Crippen LogP contribution in [0.4, 0.5) is 13.2 Å². The van der Waals surface area contributed by atoms with Gasteiger partial charge < -0.3 is 4.90 Å². The van der Waals surface area contributed by atoms with E-state index < -0.39 is 11.9 Å². The molecule has 26 heavy (non-hydrogen) atoms. The molecular weight excluding hydrogens is 371 g/mol. The van der Waals surface area contributed by atoms with Crippen molar-refractivity contribution in [3.63, 3.8) is 0 Å². The van der Waals surface area contributed by atoms with Crippen molar-refractivity contribution in [1.82, 2.24) is 24.5 Å². The molecule has 1 saturated carbocycles. The highest BCUT2D eigenvalue weighted by Crippen LogP contribution is 2.46. The predicted octanol–water partition coefficient (Wildman–Crippen LogP) is 3.21. The van der Waals surface area contributed by atoms with E-state index in [0.29, 0.717) is 12.2 Å². The molecule has 0 radical (unpaired) electrons. The Labute approximate surface area is 153 Å². The highest BCUT2D eigenvalue weighted by atomic mass is 35.5. The van der Waals surface area contributed by atoms with E-state index in [1.165, 1.54) is 9.58 Å². The first-order valence-corrected chi connectivity index (χ1v) is 8.59. The Morgan fingerprint density at radius 2 is 2.12 bits per heavy atom. The number of aromatic nitrogens is 4. The average molecular weight is 390 g/mol. The largest absolute Gasteiger partial charge is 0.436 e. The number of aryl methyl sites for hydroxylation is 2. The topological polar surface area (TPSA) is 56.0 Å². The minimum absolute atomic E-state index is 0.00525. The lowest BCUT2D eigenvalue weighted by Gasteiger charge is -2.16. The van der Waals surface area contributed by atoms with Crippen LogP contribution in [-0.2, 0) is 31.1 Å². The molecule has 10 heteroatoms. The number of carbonyl (C=O) groups is 1. The van der Waals surface area contributed by atoms with Crippen LogP contribution >= 0.6 is 11.6 Å². The van der Waals surface area contributed by atoms with Gasteiger partial charge in [0.05, 0.1) is 23.5 Å². The maximum atomic E-state index is 13.1. The van der Waals surface area contributed by atoms with E-state index >= 15 is 0 Å². The second-order valence-corrected chi connectivity index (χ2v) is 6.94. The molecule has 2 heterocycles. The van der Waals surface area contributed by atoms with Crippen molar-refractivity contribution < 1.29 is 18.0 Å². The maximum absolute atomic E-state index is 13.1. The molecule has 3 rings (SSSR count). The average Bonchev–Trinajstić information content (AvgIpc) is 3.21. The fourth-order valence-corrected chi connectivity index (χ4v) is 3.26. The summed E-state index contributed by atoms with van der Waals surface area (Å²) in [6.07, 6.45) is 0.490. The molecule has 142 valence electrons. The smallest absolute Gasteiger partial charge is 0.341 e. The number of carbonyl (C=O) groups excluding carboxylic acids is 1. The van der Waals surface area contributed by atoms with E-state index in [4.69, 9.17) is 11.6 Å². The van der Waals surface area contributed by atoms with Gasteiger partial charge in [-0.25, -0.2) is 0 Å². The van der Waals surface area contributed by atoms with Crippen molar-refractivity contribution in [3.05, 3.63) is 34.4 Å². The molecule has 0 aliphatic heterocycles. The summed E-state index contributed by atoms with van der Waals surface area (Å²) in [6.45, 7) is 0.452. The standard InChI is InChI=1S/C16H19ClF3N5O/c1-23(8-10-7-21-24(2)9-10)12(26)5-6-25-14(11-3-4-11)13(17)15(22-25)16(18,19)20/h7,9,11H,3-6,8H2,1-2H3. The third-order valence-electron chi connectivity index (χ3n) is 4.31. The Hall–Kier alpha value is -2.03. The van der Waals surface area contributed by atoms with Gasteiger partial charge >= 0.3 is 6.18 Å². The number of hydrogen-bond donors (Lipinski definition) is 0. The summed E-state index contributed by atoms with van der Waals surface area (Å²) in [7, 11) is 3.43. The summed E-state index contributed by atoms with van der Waals surface area (Å²) in [6, 6.07) is 0. The summed E-state index contributed by atoms with van der Waals surface area (Å²) in [5, 5.41) is 7.34. The van der Waals surface area contributed by atoms with Gasteiger partial charge in [-0.3, -0.25) is 14.2 Å². The van der Waals surface area contributed by atoms with E-state index in [-0.39, 0.29) is 29.8 Å². The fraction of sp³-hybridized carbons (Fsp3) is 0.562. The van der Waals surface area contributed by atoms with Gasteiger partial charge in [-0.15, -0.1) is 0 Å². The molecule has 6 nitrogen and oxygen atoms in total. The summed E-state index contributed by atoms with van der Waals surface area (Å²) < 4.78 is 42.0. The Kier molecular flexibility index (Phi) is 5.01. The zero-order valence-electron chi connectivity index (χ0n) is 14.4. The molecule has 0 unspecified atom stereocenters. The molecule has 0 atom stereocenters. The van der Waals surface area contributed by atoms with Crippen molar-refractivity contribution in [1.29, 1.82) is 0 Å². The Balaban J connectivity index is 1.68. The summed E-state index contributed by atoms with van der Waals surface area (Å²) >= 11 is 5.93. The van der Waals surface area contributed by atoms with Crippen LogP contribution in [0.3, 0.4) is 0 Å². The van der Waals surface area contributed by atoms with Crippen LogP contribution in [0.15, 0.2) is 12.4 Å². The lowest BCUT2D eigenvalue weighted by atomic mass is 10.2. The van der Waals surface area contributed by atoms with Gasteiger partial charge in [0.1, 0.15) is 0 Å². The number of halogens is 4. The third kappa shape index (κ3) is 4.03. The van der Waals surface area contributed by atoms with Gasteiger partial charge in [0.2, 0.25) is 5.91 Å². The third-order valence-corrected chi connectivity index (χ3v) is 4.68. The molecule has 2 aromatic heterocycles. The number of amides is 1. The van der Waals surface area contributed by atoms with E-state index in [1.54, 1.807) is 31.2 Å². The molecule has 1 amide bonds. The monoisotopic (exact) mass is 389 g/mol. The van der Waals surface area contributed by atoms with E-state index in [9.17, 15) is 18.0 Å². The molecule has 0 N–H and O–H groups in total. The van der Waals surface area contributed by atoms with E-state index in [0.717, 1.165) is 18.4 Å². The molecule has 0 aromatic carbocycles. The van der Waals surface area contributed by atoms with Crippen LogP contribution in [0.2, 0.25) is 5.02 Å². The first-order valence-electron chi connectivity index (χ1n) is 8.21. The lowest BCUT2D eigenvalue weighted by molar-refractivity contribution is -0.141. The highest BCUT2D eigenvalue weighted by Gasteiger charge is 2.42. The zero-order valence-corrected chi connectivity index (χ0v) is 15.2. The van der Waals surface area contributed by atoms with Crippen molar-refractivity contribution in [3.8, 4) is 0 Å². The lowest BCUT2D eigenvalue weighted by Crippen LogP contribution is -2.27. The maximum Gasteiger partial charge on any atom is 0.436 e. The van der Waals surface area contributed by atoms with Crippen LogP contribution in [-0.4, -0.2) is 37.4 Å². The van der Waals surface area contributed by atoms with Gasteiger partial charge in [0.15, 0.2) is 5.69 Å². The normalized spacial score (nSPS) is 14.7. The van der Waals surface area contributed by atoms with E-state index in [2.05, 4.69) is 10.2 Å². The Morgan fingerprint density at radius 1 is 1.42 bits per heavy atom. The summed E-state index contributed by atoms with van der Waals surface area (Å²) in [5.41, 5.74) is 0.197. The van der Waals surface area contributed by atoms with Crippen molar-refractivity contribution >= 4 is 17.5 Å². The first-order chi connectivity index (χ1) is 12.2. The van der Waals surface area contributed by atoms with Crippen molar-refractivity contribution in [2.75, 3.05) is 7.05 Å². The van der Waals surface area contributed by atoms with E-state index in [1.807, 2.05) is 0 Å². The molecule has 0 spiro atoms. The van der Waals surface area contributed by atoms with Crippen LogP contribution < -0.4 is 0 Å². The number of hydrogen-bond acceptors (Lipinski definition) is 3. The second kappa shape index (κ2) is 6.94. The quantitative estimate of drug-likeness (QED) is 0.762. The number of rotatable bonds is 6. The minimum atomic E-state index is -4.60. The molecule has 1 fully saturated rings. The van der Waals surface area contributed by atoms with Crippen molar-refractivity contribution in [2.45, 2.75) is 44.4 Å². The highest BCUT2D eigenvalue weighted by molar-refractivity contribution is 6.32. The molecule has 1 aliphatic rings. The Bertz CT molecular complexity index is 809. The predicted molar refractivity (Wildman–Crippen MR) is 88.5 cm³/mol. The SMILES string of the molecule is CN(Cc1cnn(C)c1)C(=O)CCn1nc(C(F)(F)F)c(Cl)c1C1CC1. The molecule has 0 saturated heterocycles. The Morgan fingerprint density at radius 3 is 2.65 bits per heavy atom. The molecule has 1 aliphatic carbocycles. The number of alkyl halides is 3. The van der Waals surface area contributed by atoms with Crippen LogP contribution in [0.5, 0.6) is 0 Å². The second-order valence-electron chi connectivity index (χ2n) is 6.57. The van der Waals surface area contributed by atoms with Crippen LogP contribution in [0.1, 0.15) is 42.1 Å². The van der Waals surface area contributed by atoms with Gasteiger partial charge in [0, 0.05) is 44.7 Å². The zero-order chi connectivity index (χ0) is 19.1. The summed E-state index contributed by atoms with van der Waals surface area (Å²) in [5.74, 6) is -0.190. The minimum Gasteiger partial charge on any atom is -0.341 e. The molecule has 2 aromatic rings. The number of nitrogens with zero attached hydrogens (tertiary/aromatic N) is 5. The van der Waals surface area contributed by atoms with Gasteiger partial charge in [-0.05, 0) is 12.8 Å². The molecule has 0 bridgehead atoms. The van der Waals surface area contributed by atoms with Crippen LogP contribution in [0.25, 0.3) is 0 Å².